The highest BCUT2D eigenvalue weighted by molar-refractivity contribution is 7.94. The van der Waals surface area contributed by atoms with Crippen molar-refractivity contribution >= 4 is 27.8 Å². The molecule has 5 nitrogen and oxygen atoms in total. The second-order valence-electron chi connectivity index (χ2n) is 5.13. The molecule has 0 radical (unpaired) electrons. The van der Waals surface area contributed by atoms with Crippen LogP contribution in [-0.4, -0.2) is 24.2 Å². The molecule has 0 aromatic heterocycles. The molecule has 0 aliphatic rings. The van der Waals surface area contributed by atoms with Gasteiger partial charge in [0, 0.05) is 17.3 Å². The number of carboxylic acids is 1. The van der Waals surface area contributed by atoms with Crippen molar-refractivity contribution < 1.29 is 22.7 Å². The van der Waals surface area contributed by atoms with Gasteiger partial charge in [-0.05, 0) is 45.0 Å². The fourth-order valence-electron chi connectivity index (χ4n) is 1.20. The minimum atomic E-state index is -3.62. The van der Waals surface area contributed by atoms with Crippen LogP contribution in [0.2, 0.25) is 0 Å². The quantitative estimate of drug-likeness (QED) is 0.837. The predicted octanol–water partition coefficient (Wildman–Crippen LogP) is 2.46. The lowest BCUT2D eigenvalue weighted by molar-refractivity contribution is -0.131. The van der Waals surface area contributed by atoms with E-state index in [1.165, 1.54) is 32.9 Å². The first-order valence-corrected chi connectivity index (χ1v) is 7.24. The van der Waals surface area contributed by atoms with Gasteiger partial charge < -0.3 is 5.11 Å². The molecule has 2 N–H and O–H groups in total. The number of nitrogens with one attached hydrogen (secondary N) is 1. The monoisotopic (exact) mass is 301 g/mol. The number of hydrogen-bond donors (Lipinski definition) is 2. The summed E-state index contributed by atoms with van der Waals surface area (Å²) < 4.78 is 38.7. The van der Waals surface area contributed by atoms with Crippen LogP contribution in [0.4, 0.5) is 10.1 Å². The van der Waals surface area contributed by atoms with Crippen molar-refractivity contribution in [2.24, 2.45) is 0 Å². The highest BCUT2D eigenvalue weighted by atomic mass is 32.2. The summed E-state index contributed by atoms with van der Waals surface area (Å²) in [4.78, 5) is 10.4. The molecule has 0 unspecified atom stereocenters. The molecule has 0 aliphatic heterocycles. The van der Waals surface area contributed by atoms with Crippen LogP contribution in [0.1, 0.15) is 26.3 Å². The van der Waals surface area contributed by atoms with Gasteiger partial charge in [-0.3, -0.25) is 4.72 Å². The zero-order valence-electron chi connectivity index (χ0n) is 11.3. The van der Waals surface area contributed by atoms with Crippen LogP contribution < -0.4 is 4.72 Å². The minimum absolute atomic E-state index is 0.0125. The number of rotatable bonds is 4. The number of anilines is 1. The van der Waals surface area contributed by atoms with Crippen molar-refractivity contribution in [2.45, 2.75) is 25.5 Å². The van der Waals surface area contributed by atoms with Gasteiger partial charge in [0.1, 0.15) is 5.82 Å². The summed E-state index contributed by atoms with van der Waals surface area (Å²) in [5.74, 6) is -1.86. The number of hydrogen-bond acceptors (Lipinski definition) is 3. The van der Waals surface area contributed by atoms with Crippen molar-refractivity contribution in [1.82, 2.24) is 0 Å². The predicted molar refractivity (Wildman–Crippen MR) is 75.4 cm³/mol. The van der Waals surface area contributed by atoms with Crippen LogP contribution in [0.5, 0.6) is 0 Å². The molecule has 20 heavy (non-hydrogen) atoms. The lowest BCUT2D eigenvalue weighted by Gasteiger charge is -2.20. The zero-order valence-corrected chi connectivity index (χ0v) is 12.2. The third-order valence-electron chi connectivity index (χ3n) is 2.46. The van der Waals surface area contributed by atoms with Gasteiger partial charge in [0.2, 0.25) is 10.0 Å². The van der Waals surface area contributed by atoms with Crippen LogP contribution in [0, 0.1) is 5.82 Å². The van der Waals surface area contributed by atoms with E-state index in [4.69, 9.17) is 5.11 Å². The summed E-state index contributed by atoms with van der Waals surface area (Å²) in [5.41, 5.74) is 0.160. The molecular weight excluding hydrogens is 285 g/mol. The van der Waals surface area contributed by atoms with Gasteiger partial charge >= 0.3 is 5.97 Å². The summed E-state index contributed by atoms with van der Waals surface area (Å²) >= 11 is 0. The van der Waals surface area contributed by atoms with Gasteiger partial charge in [-0.1, -0.05) is 0 Å². The molecule has 7 heteroatoms. The fraction of sp³-hybridized carbons (Fsp3) is 0.308. The van der Waals surface area contributed by atoms with Crippen LogP contribution in [0.25, 0.3) is 6.08 Å². The molecule has 0 bridgehead atoms. The first kappa shape index (κ1) is 16.2. The molecule has 0 saturated carbocycles. The second-order valence-corrected chi connectivity index (χ2v) is 7.56. The summed E-state index contributed by atoms with van der Waals surface area (Å²) in [6.07, 6.45) is 1.84. The number of carbonyl (C=O) groups is 1. The fourth-order valence-corrected chi connectivity index (χ4v) is 1.95. The maximum absolute atomic E-state index is 13.5. The highest BCUT2D eigenvalue weighted by Gasteiger charge is 2.28. The Morgan fingerprint density at radius 3 is 2.45 bits per heavy atom. The van der Waals surface area contributed by atoms with Crippen molar-refractivity contribution in [3.8, 4) is 0 Å². The van der Waals surface area contributed by atoms with E-state index in [-0.39, 0.29) is 11.3 Å². The molecular formula is C13H16FNO4S. The van der Waals surface area contributed by atoms with Crippen molar-refractivity contribution in [3.63, 3.8) is 0 Å². The first-order valence-electron chi connectivity index (χ1n) is 5.76. The van der Waals surface area contributed by atoms with E-state index in [1.807, 2.05) is 0 Å². The number of halogens is 1. The Kier molecular flexibility index (Phi) is 4.54. The minimum Gasteiger partial charge on any atom is -0.478 e. The van der Waals surface area contributed by atoms with Gasteiger partial charge in [-0.25, -0.2) is 17.6 Å². The summed E-state index contributed by atoms with van der Waals surface area (Å²) in [6, 6.07) is 3.58. The van der Waals surface area contributed by atoms with Gasteiger partial charge in [-0.2, -0.15) is 0 Å². The Balaban J connectivity index is 3.11. The largest absolute Gasteiger partial charge is 0.478 e. The van der Waals surface area contributed by atoms with Crippen LogP contribution >= 0.6 is 0 Å². The van der Waals surface area contributed by atoms with E-state index in [0.29, 0.717) is 0 Å². The zero-order chi connectivity index (χ0) is 15.6. The maximum atomic E-state index is 13.5. The lowest BCUT2D eigenvalue weighted by Crippen LogP contribution is -2.33. The van der Waals surface area contributed by atoms with Crippen LogP contribution in [0.3, 0.4) is 0 Å². The average Bonchev–Trinajstić information content (AvgIpc) is 2.27. The molecule has 0 saturated heterocycles. The van der Waals surface area contributed by atoms with E-state index < -0.39 is 26.6 Å². The topological polar surface area (TPSA) is 83.5 Å². The lowest BCUT2D eigenvalue weighted by atomic mass is 10.2. The normalized spacial score (nSPS) is 12.6. The van der Waals surface area contributed by atoms with E-state index in [2.05, 4.69) is 4.72 Å². The van der Waals surface area contributed by atoms with Gasteiger partial charge in [0.05, 0.1) is 4.75 Å². The summed E-state index contributed by atoms with van der Waals surface area (Å²) in [7, 11) is -3.62. The van der Waals surface area contributed by atoms with Crippen molar-refractivity contribution in [1.29, 1.82) is 0 Å². The average molecular weight is 301 g/mol. The van der Waals surface area contributed by atoms with Gasteiger partial charge in [0.25, 0.3) is 0 Å². The molecule has 1 aromatic carbocycles. The Morgan fingerprint density at radius 1 is 1.35 bits per heavy atom. The molecule has 0 heterocycles. The van der Waals surface area contributed by atoms with Crippen LogP contribution in [-0.2, 0) is 14.8 Å². The Bertz CT molecular complexity index is 645. The Labute approximate surface area is 117 Å². The number of sulfonamides is 1. The molecule has 110 valence electrons. The molecule has 1 rings (SSSR count). The molecule has 0 fully saturated rings. The van der Waals surface area contributed by atoms with E-state index in [0.717, 1.165) is 18.2 Å². The van der Waals surface area contributed by atoms with E-state index >= 15 is 0 Å². The second kappa shape index (κ2) is 5.62. The van der Waals surface area contributed by atoms with E-state index in [9.17, 15) is 17.6 Å². The van der Waals surface area contributed by atoms with Gasteiger partial charge in [-0.15, -0.1) is 0 Å². The Morgan fingerprint density at radius 2 is 1.95 bits per heavy atom. The number of aliphatic carboxylic acids is 1. The molecule has 1 aromatic rings. The third-order valence-corrected chi connectivity index (χ3v) is 4.58. The van der Waals surface area contributed by atoms with Crippen molar-refractivity contribution in [3.05, 3.63) is 35.7 Å². The Hall–Kier alpha value is -1.89. The maximum Gasteiger partial charge on any atom is 0.328 e. The van der Waals surface area contributed by atoms with E-state index in [1.54, 1.807) is 0 Å². The van der Waals surface area contributed by atoms with Gasteiger partial charge in [0.15, 0.2) is 0 Å². The van der Waals surface area contributed by atoms with Crippen LogP contribution in [0.15, 0.2) is 24.3 Å². The SMILES string of the molecule is CC(C)(C)S(=O)(=O)Nc1ccc(F)c(/C=C/C(=O)O)c1. The molecule has 0 aliphatic carbocycles. The standard InChI is InChI=1S/C13H16FNO4S/c1-13(2,3)20(18,19)15-10-5-6-11(14)9(8-10)4-7-12(16)17/h4-8,15H,1-3H3,(H,16,17)/b7-4+. The smallest absolute Gasteiger partial charge is 0.328 e. The summed E-state index contributed by atoms with van der Waals surface area (Å²) in [5, 5.41) is 8.51. The highest BCUT2D eigenvalue weighted by Crippen LogP contribution is 2.22. The molecule has 0 spiro atoms. The molecule has 0 amide bonds. The third kappa shape index (κ3) is 4.06. The van der Waals surface area contributed by atoms with Crippen molar-refractivity contribution in [2.75, 3.05) is 4.72 Å². The first-order chi connectivity index (χ1) is 9.03. The molecule has 0 atom stereocenters. The number of benzene rings is 1. The number of carboxylic acid groups (broad SMARTS) is 1. The summed E-state index contributed by atoms with van der Waals surface area (Å²) in [6.45, 7) is 4.60.